The summed E-state index contributed by atoms with van der Waals surface area (Å²) < 4.78 is 11.2. The maximum Gasteiger partial charge on any atom is 0.314 e. The van der Waals surface area contributed by atoms with E-state index in [0.29, 0.717) is 48.8 Å². The van der Waals surface area contributed by atoms with Gasteiger partial charge in [-0.25, -0.2) is 4.79 Å². The van der Waals surface area contributed by atoms with Gasteiger partial charge in [-0.15, -0.1) is 0 Å². The second-order valence-electron chi connectivity index (χ2n) is 6.89. The molecule has 1 aliphatic rings. The summed E-state index contributed by atoms with van der Waals surface area (Å²) in [6, 6.07) is 12.1. The molecule has 1 heterocycles. The molecule has 1 aliphatic heterocycles. The lowest BCUT2D eigenvalue weighted by molar-refractivity contribution is 0.0656. The maximum absolute atomic E-state index is 12.3. The van der Waals surface area contributed by atoms with Crippen LogP contribution in [0.3, 0.4) is 0 Å². The van der Waals surface area contributed by atoms with Crippen LogP contribution in [0.1, 0.15) is 40.1 Å². The first-order valence-electron chi connectivity index (χ1n) is 10.4. The van der Waals surface area contributed by atoms with E-state index in [4.69, 9.17) is 9.47 Å². The van der Waals surface area contributed by atoms with E-state index in [1.165, 1.54) is 0 Å². The number of fused-ring (bicyclic) bond motifs is 1. The van der Waals surface area contributed by atoms with E-state index in [-0.39, 0.29) is 30.9 Å². The Morgan fingerprint density at radius 1 is 0.871 bits per heavy atom. The summed E-state index contributed by atoms with van der Waals surface area (Å²) in [4.78, 5) is 37.8. The highest BCUT2D eigenvalue weighted by atomic mass is 16.5. The number of benzene rings is 2. The smallest absolute Gasteiger partial charge is 0.314 e. The van der Waals surface area contributed by atoms with Crippen LogP contribution in [0.4, 0.5) is 4.79 Å². The first-order valence-corrected chi connectivity index (χ1v) is 10.4. The number of carbonyl (C=O) groups excluding carboxylic acids is 3. The molecule has 4 amide bonds. The second kappa shape index (κ2) is 10.5. The van der Waals surface area contributed by atoms with Crippen molar-refractivity contribution >= 4 is 17.8 Å². The third-order valence-electron chi connectivity index (χ3n) is 4.81. The number of amides is 4. The van der Waals surface area contributed by atoms with Crippen LogP contribution >= 0.6 is 0 Å². The lowest BCUT2D eigenvalue weighted by Crippen LogP contribution is -2.42. The lowest BCUT2D eigenvalue weighted by Gasteiger charge is -2.15. The third kappa shape index (κ3) is 5.33. The molecular formula is C23H27N3O5. The Morgan fingerprint density at radius 3 is 2.13 bits per heavy atom. The zero-order chi connectivity index (χ0) is 22.2. The van der Waals surface area contributed by atoms with Crippen molar-refractivity contribution in [1.82, 2.24) is 15.5 Å². The van der Waals surface area contributed by atoms with Crippen LogP contribution in [0.25, 0.3) is 0 Å². The first-order chi connectivity index (χ1) is 15.0. The van der Waals surface area contributed by atoms with Gasteiger partial charge in [-0.05, 0) is 50.1 Å². The molecule has 0 bridgehead atoms. The largest absolute Gasteiger partial charge is 0.490 e. The molecule has 0 radical (unpaired) electrons. The third-order valence-corrected chi connectivity index (χ3v) is 4.81. The molecular weight excluding hydrogens is 398 g/mol. The number of hydrogen-bond acceptors (Lipinski definition) is 5. The van der Waals surface area contributed by atoms with Crippen LogP contribution in [0.2, 0.25) is 0 Å². The standard InChI is InChI=1S/C23H27N3O5/c1-3-30-19-10-9-16(15-20(19)31-4-2)11-12-24-23(29)25-13-14-26-21(27)17-7-5-6-8-18(17)22(26)28/h5-10,15H,3-4,11-14H2,1-2H3,(H2,24,25,29). The summed E-state index contributed by atoms with van der Waals surface area (Å²) in [5.74, 6) is 0.728. The fraction of sp³-hybridized carbons (Fsp3) is 0.348. The number of carbonyl (C=O) groups is 3. The van der Waals surface area contributed by atoms with Crippen molar-refractivity contribution in [1.29, 1.82) is 0 Å². The highest BCUT2D eigenvalue weighted by molar-refractivity contribution is 6.21. The van der Waals surface area contributed by atoms with Crippen molar-refractivity contribution in [3.63, 3.8) is 0 Å². The molecule has 8 heteroatoms. The van der Waals surface area contributed by atoms with Gasteiger partial charge in [0.1, 0.15) is 0 Å². The molecule has 8 nitrogen and oxygen atoms in total. The van der Waals surface area contributed by atoms with Gasteiger partial charge in [0.2, 0.25) is 0 Å². The Labute approximate surface area is 181 Å². The molecule has 0 fully saturated rings. The molecule has 0 atom stereocenters. The van der Waals surface area contributed by atoms with E-state index in [1.54, 1.807) is 24.3 Å². The minimum atomic E-state index is -0.354. The van der Waals surface area contributed by atoms with Crippen LogP contribution < -0.4 is 20.1 Å². The number of hydrogen-bond donors (Lipinski definition) is 2. The van der Waals surface area contributed by atoms with Gasteiger partial charge in [0.25, 0.3) is 11.8 Å². The molecule has 31 heavy (non-hydrogen) atoms. The van der Waals surface area contributed by atoms with Crippen molar-refractivity contribution in [3.05, 3.63) is 59.2 Å². The van der Waals surface area contributed by atoms with Gasteiger partial charge in [-0.3, -0.25) is 14.5 Å². The van der Waals surface area contributed by atoms with Crippen LogP contribution in [0, 0.1) is 0 Å². The van der Waals surface area contributed by atoms with Gasteiger partial charge in [-0.2, -0.15) is 0 Å². The minimum Gasteiger partial charge on any atom is -0.490 e. The topological polar surface area (TPSA) is 97.0 Å². The van der Waals surface area contributed by atoms with Gasteiger partial charge in [0.05, 0.1) is 24.3 Å². The molecule has 0 saturated heterocycles. The summed E-state index contributed by atoms with van der Waals surface area (Å²) in [7, 11) is 0. The summed E-state index contributed by atoms with van der Waals surface area (Å²) in [6.07, 6.45) is 0.623. The van der Waals surface area contributed by atoms with Crippen molar-refractivity contribution in [2.45, 2.75) is 20.3 Å². The maximum atomic E-state index is 12.3. The quantitative estimate of drug-likeness (QED) is 0.571. The van der Waals surface area contributed by atoms with Crippen molar-refractivity contribution < 1.29 is 23.9 Å². The Kier molecular flexibility index (Phi) is 7.48. The van der Waals surface area contributed by atoms with Crippen LogP contribution in [-0.2, 0) is 6.42 Å². The van der Waals surface area contributed by atoms with Gasteiger partial charge < -0.3 is 20.1 Å². The Morgan fingerprint density at radius 2 is 1.48 bits per heavy atom. The van der Waals surface area contributed by atoms with E-state index in [9.17, 15) is 14.4 Å². The van der Waals surface area contributed by atoms with Gasteiger partial charge in [-0.1, -0.05) is 18.2 Å². The highest BCUT2D eigenvalue weighted by Gasteiger charge is 2.34. The van der Waals surface area contributed by atoms with Crippen LogP contribution in [0.5, 0.6) is 11.5 Å². The number of ether oxygens (including phenoxy) is 2. The predicted octanol–water partition coefficient (Wildman–Crippen LogP) is 2.62. The number of imide groups is 1. The molecule has 0 spiro atoms. The van der Waals surface area contributed by atoms with E-state index in [1.807, 2.05) is 32.0 Å². The average molecular weight is 425 g/mol. The fourth-order valence-corrected chi connectivity index (χ4v) is 3.36. The zero-order valence-electron chi connectivity index (χ0n) is 17.8. The van der Waals surface area contributed by atoms with Gasteiger partial charge >= 0.3 is 6.03 Å². The zero-order valence-corrected chi connectivity index (χ0v) is 17.8. The van der Waals surface area contributed by atoms with E-state index in [2.05, 4.69) is 10.6 Å². The minimum absolute atomic E-state index is 0.121. The average Bonchev–Trinajstić information content (AvgIpc) is 3.01. The molecule has 2 N–H and O–H groups in total. The summed E-state index contributed by atoms with van der Waals surface area (Å²) in [6.45, 7) is 5.65. The van der Waals surface area contributed by atoms with Crippen LogP contribution in [0.15, 0.2) is 42.5 Å². The first kappa shape index (κ1) is 22.1. The Balaban J connectivity index is 1.42. The lowest BCUT2D eigenvalue weighted by atomic mass is 10.1. The molecule has 164 valence electrons. The summed E-state index contributed by atoms with van der Waals surface area (Å²) in [5, 5.41) is 5.46. The number of nitrogens with zero attached hydrogens (tertiary/aromatic N) is 1. The van der Waals surface area contributed by atoms with Crippen molar-refractivity contribution in [3.8, 4) is 11.5 Å². The predicted molar refractivity (Wildman–Crippen MR) is 116 cm³/mol. The second-order valence-corrected chi connectivity index (χ2v) is 6.89. The van der Waals surface area contributed by atoms with Crippen molar-refractivity contribution in [2.75, 3.05) is 32.8 Å². The van der Waals surface area contributed by atoms with Gasteiger partial charge in [0.15, 0.2) is 11.5 Å². The van der Waals surface area contributed by atoms with Crippen LogP contribution in [-0.4, -0.2) is 55.6 Å². The van der Waals surface area contributed by atoms with E-state index >= 15 is 0 Å². The number of rotatable bonds is 10. The molecule has 3 rings (SSSR count). The molecule has 0 aliphatic carbocycles. The Hall–Kier alpha value is -3.55. The number of nitrogens with one attached hydrogen (secondary N) is 2. The van der Waals surface area contributed by atoms with Gasteiger partial charge in [0, 0.05) is 19.6 Å². The van der Waals surface area contributed by atoms with E-state index < -0.39 is 0 Å². The summed E-state index contributed by atoms with van der Waals surface area (Å²) >= 11 is 0. The summed E-state index contributed by atoms with van der Waals surface area (Å²) in [5.41, 5.74) is 1.82. The molecule has 2 aromatic rings. The number of urea groups is 1. The SMILES string of the molecule is CCOc1ccc(CCNC(=O)NCCN2C(=O)c3ccccc3C2=O)cc1OCC. The normalized spacial score (nSPS) is 12.5. The molecule has 0 unspecified atom stereocenters. The molecule has 0 saturated carbocycles. The van der Waals surface area contributed by atoms with E-state index in [0.717, 1.165) is 10.5 Å². The highest BCUT2D eigenvalue weighted by Crippen LogP contribution is 2.28. The monoisotopic (exact) mass is 425 g/mol. The molecule has 2 aromatic carbocycles. The fourth-order valence-electron chi connectivity index (χ4n) is 3.36. The Bertz CT molecular complexity index is 925. The van der Waals surface area contributed by atoms with Crippen molar-refractivity contribution in [2.24, 2.45) is 0 Å². The molecule has 0 aromatic heterocycles.